The van der Waals surface area contributed by atoms with Crippen molar-refractivity contribution >= 4 is 11.8 Å². The van der Waals surface area contributed by atoms with Gasteiger partial charge in [0.15, 0.2) is 0 Å². The number of hydrogen-bond acceptors (Lipinski definition) is 5. The number of piperazine rings is 1. The lowest BCUT2D eigenvalue weighted by atomic mass is 9.90. The van der Waals surface area contributed by atoms with Crippen LogP contribution < -0.4 is 5.32 Å². The molecule has 3 aliphatic rings. The molecule has 142 valence electrons. The molecule has 25 heavy (non-hydrogen) atoms. The topological polar surface area (TPSA) is 65.1 Å². The van der Waals surface area contributed by atoms with Crippen molar-refractivity contribution in [3.8, 4) is 0 Å². The van der Waals surface area contributed by atoms with Crippen molar-refractivity contribution in [3.63, 3.8) is 0 Å². The third-order valence-electron chi connectivity index (χ3n) is 5.92. The highest BCUT2D eigenvalue weighted by atomic mass is 16.5. The Morgan fingerprint density at radius 1 is 0.920 bits per heavy atom. The van der Waals surface area contributed by atoms with E-state index in [1.807, 2.05) is 9.80 Å². The quantitative estimate of drug-likeness (QED) is 0.766. The molecule has 0 radical (unpaired) electrons. The first-order valence-corrected chi connectivity index (χ1v) is 9.70. The maximum absolute atomic E-state index is 13.0. The molecule has 0 unspecified atom stereocenters. The maximum atomic E-state index is 13.0. The summed E-state index contributed by atoms with van der Waals surface area (Å²) in [6.07, 6.45) is 4.96. The molecule has 0 bridgehead atoms. The van der Waals surface area contributed by atoms with Crippen molar-refractivity contribution in [1.82, 2.24) is 20.0 Å². The van der Waals surface area contributed by atoms with Crippen LogP contribution in [0.5, 0.6) is 0 Å². The van der Waals surface area contributed by atoms with Gasteiger partial charge in [-0.15, -0.1) is 0 Å². The molecular weight excluding hydrogens is 320 g/mol. The van der Waals surface area contributed by atoms with Crippen LogP contribution in [0.25, 0.3) is 0 Å². The number of carbonyl (C=O) groups excluding carboxylic acids is 2. The van der Waals surface area contributed by atoms with Crippen LogP contribution in [0.1, 0.15) is 32.1 Å². The fraction of sp³-hybridized carbons (Fsp3) is 0.889. The predicted molar refractivity (Wildman–Crippen MR) is 95.3 cm³/mol. The zero-order chi connectivity index (χ0) is 17.7. The lowest BCUT2D eigenvalue weighted by Crippen LogP contribution is -2.59. The zero-order valence-corrected chi connectivity index (χ0v) is 15.5. The molecule has 3 rings (SSSR count). The Labute approximate surface area is 150 Å². The molecular formula is C18H32N4O3. The smallest absolute Gasteiger partial charge is 0.254 e. The van der Waals surface area contributed by atoms with Gasteiger partial charge in [0.05, 0.1) is 6.54 Å². The van der Waals surface area contributed by atoms with Crippen LogP contribution in [0.2, 0.25) is 0 Å². The summed E-state index contributed by atoms with van der Waals surface area (Å²) < 4.78 is 5.66. The molecule has 0 aliphatic carbocycles. The second kappa shape index (κ2) is 8.47. The largest absolute Gasteiger partial charge is 0.368 e. The van der Waals surface area contributed by atoms with Gasteiger partial charge in [-0.05, 0) is 45.2 Å². The van der Waals surface area contributed by atoms with Gasteiger partial charge in [-0.1, -0.05) is 0 Å². The van der Waals surface area contributed by atoms with Gasteiger partial charge in [0.1, 0.15) is 5.60 Å². The van der Waals surface area contributed by atoms with Crippen molar-refractivity contribution in [3.05, 3.63) is 0 Å². The van der Waals surface area contributed by atoms with Crippen LogP contribution in [0.15, 0.2) is 0 Å². The molecule has 0 aromatic rings. The molecule has 2 amide bonds. The van der Waals surface area contributed by atoms with E-state index < -0.39 is 5.60 Å². The second-order valence-corrected chi connectivity index (χ2v) is 7.46. The van der Waals surface area contributed by atoms with Gasteiger partial charge >= 0.3 is 0 Å². The first-order chi connectivity index (χ1) is 12.1. The fourth-order valence-corrected chi connectivity index (χ4v) is 4.17. The van der Waals surface area contributed by atoms with Gasteiger partial charge in [0.25, 0.3) is 5.91 Å². The van der Waals surface area contributed by atoms with E-state index >= 15 is 0 Å². The minimum Gasteiger partial charge on any atom is -0.368 e. The highest BCUT2D eigenvalue weighted by Gasteiger charge is 2.43. The molecule has 7 nitrogen and oxygen atoms in total. The Morgan fingerprint density at radius 2 is 1.56 bits per heavy atom. The molecule has 1 N–H and O–H groups in total. The van der Waals surface area contributed by atoms with Crippen molar-refractivity contribution in [2.75, 3.05) is 66.0 Å². The standard InChI is InChI=1S/C18H32N4O3/c1-25-18(5-7-19-8-6-18)17(24)22-13-11-20(12-14-22)15-16(23)21-9-3-2-4-10-21/h19H,2-15H2,1H3. The Morgan fingerprint density at radius 3 is 2.16 bits per heavy atom. The zero-order valence-electron chi connectivity index (χ0n) is 15.5. The lowest BCUT2D eigenvalue weighted by molar-refractivity contribution is -0.160. The number of amides is 2. The third kappa shape index (κ3) is 4.33. The summed E-state index contributed by atoms with van der Waals surface area (Å²) in [4.78, 5) is 31.5. The molecule has 3 fully saturated rings. The number of nitrogens with one attached hydrogen (secondary N) is 1. The summed E-state index contributed by atoms with van der Waals surface area (Å²) in [6.45, 7) is 6.85. The summed E-state index contributed by atoms with van der Waals surface area (Å²) in [5, 5.41) is 3.29. The molecule has 0 aromatic carbocycles. The van der Waals surface area contributed by atoms with Crippen LogP contribution in [-0.4, -0.2) is 98.1 Å². The Bertz CT molecular complexity index is 465. The van der Waals surface area contributed by atoms with E-state index in [0.29, 0.717) is 19.6 Å². The van der Waals surface area contributed by atoms with Crippen molar-refractivity contribution in [2.24, 2.45) is 0 Å². The number of carbonyl (C=O) groups is 2. The van der Waals surface area contributed by atoms with E-state index in [1.54, 1.807) is 7.11 Å². The van der Waals surface area contributed by atoms with E-state index in [4.69, 9.17) is 4.74 Å². The van der Waals surface area contributed by atoms with E-state index in [-0.39, 0.29) is 11.8 Å². The normalized spacial score (nSPS) is 25.0. The monoisotopic (exact) mass is 352 g/mol. The second-order valence-electron chi connectivity index (χ2n) is 7.46. The highest BCUT2D eigenvalue weighted by Crippen LogP contribution is 2.25. The highest BCUT2D eigenvalue weighted by molar-refractivity contribution is 5.85. The van der Waals surface area contributed by atoms with Crippen LogP contribution in [0.3, 0.4) is 0 Å². The Hall–Kier alpha value is -1.18. The van der Waals surface area contributed by atoms with Gasteiger partial charge in [-0.25, -0.2) is 0 Å². The first-order valence-electron chi connectivity index (χ1n) is 9.70. The van der Waals surface area contributed by atoms with Crippen LogP contribution in [0.4, 0.5) is 0 Å². The number of likely N-dealkylation sites (tertiary alicyclic amines) is 1. The minimum absolute atomic E-state index is 0.124. The average Bonchev–Trinajstić information content (AvgIpc) is 2.69. The van der Waals surface area contributed by atoms with Crippen LogP contribution >= 0.6 is 0 Å². The Balaban J connectivity index is 1.47. The molecule has 0 atom stereocenters. The van der Waals surface area contributed by atoms with E-state index in [1.165, 1.54) is 6.42 Å². The minimum atomic E-state index is -0.656. The van der Waals surface area contributed by atoms with Crippen molar-refractivity contribution < 1.29 is 14.3 Å². The summed E-state index contributed by atoms with van der Waals surface area (Å²) in [5.41, 5.74) is -0.656. The third-order valence-corrected chi connectivity index (χ3v) is 5.92. The van der Waals surface area contributed by atoms with Gasteiger partial charge in [0, 0.05) is 46.4 Å². The van der Waals surface area contributed by atoms with Gasteiger partial charge in [0.2, 0.25) is 5.91 Å². The summed E-state index contributed by atoms with van der Waals surface area (Å²) in [7, 11) is 1.65. The average molecular weight is 352 g/mol. The van der Waals surface area contributed by atoms with Crippen molar-refractivity contribution in [2.45, 2.75) is 37.7 Å². The molecule has 7 heteroatoms. The molecule has 3 saturated heterocycles. The number of nitrogens with zero attached hydrogens (tertiary/aromatic N) is 3. The summed E-state index contributed by atoms with van der Waals surface area (Å²) in [5.74, 6) is 0.365. The van der Waals surface area contributed by atoms with Gasteiger partial charge < -0.3 is 19.9 Å². The molecule has 0 saturated carbocycles. The lowest BCUT2D eigenvalue weighted by Gasteiger charge is -2.42. The van der Waals surface area contributed by atoms with Gasteiger partial charge in [-0.2, -0.15) is 0 Å². The Kier molecular flexibility index (Phi) is 6.30. The number of methoxy groups -OCH3 is 1. The van der Waals surface area contributed by atoms with Crippen LogP contribution in [-0.2, 0) is 14.3 Å². The SMILES string of the molecule is COC1(C(=O)N2CCN(CC(=O)N3CCCCC3)CC2)CCNCC1. The maximum Gasteiger partial charge on any atom is 0.254 e. The molecule has 3 heterocycles. The van der Waals surface area contributed by atoms with Crippen LogP contribution in [0, 0.1) is 0 Å². The number of piperidine rings is 2. The summed E-state index contributed by atoms with van der Waals surface area (Å²) in [6, 6.07) is 0. The van der Waals surface area contributed by atoms with Crippen molar-refractivity contribution in [1.29, 1.82) is 0 Å². The number of hydrogen-bond donors (Lipinski definition) is 1. The predicted octanol–water partition coefficient (Wildman–Crippen LogP) is -0.0883. The van der Waals surface area contributed by atoms with E-state index in [2.05, 4.69) is 10.2 Å². The number of ether oxygens (including phenoxy) is 1. The number of rotatable bonds is 4. The first kappa shape index (κ1) is 18.6. The molecule has 0 spiro atoms. The van der Waals surface area contributed by atoms with E-state index in [9.17, 15) is 9.59 Å². The van der Waals surface area contributed by atoms with Gasteiger partial charge in [-0.3, -0.25) is 14.5 Å². The molecule has 0 aromatic heterocycles. The van der Waals surface area contributed by atoms with E-state index in [0.717, 1.165) is 65.0 Å². The fourth-order valence-electron chi connectivity index (χ4n) is 4.17. The summed E-state index contributed by atoms with van der Waals surface area (Å²) >= 11 is 0. The molecule has 3 aliphatic heterocycles.